The Morgan fingerprint density at radius 2 is 1.41 bits per heavy atom. The lowest BCUT2D eigenvalue weighted by molar-refractivity contribution is 0.368. The molecule has 92 valence electrons. The quantitative estimate of drug-likeness (QED) is 0.668. The molecule has 0 unspecified atom stereocenters. The minimum atomic E-state index is 0.0284. The van der Waals surface area contributed by atoms with Gasteiger partial charge in [0.2, 0.25) is 0 Å². The zero-order valence-electron chi connectivity index (χ0n) is 12.0. The third-order valence-electron chi connectivity index (χ3n) is 3.85. The highest BCUT2D eigenvalue weighted by Crippen LogP contribution is 2.31. The maximum Gasteiger partial charge on any atom is 0.0723 e. The van der Waals surface area contributed by atoms with E-state index in [2.05, 4.69) is 58.2 Å². The van der Waals surface area contributed by atoms with E-state index in [1.807, 2.05) is 6.20 Å². The SMILES string of the molecule is Cc1c(C)c(C)c2c(cnn2C(C)(C)C)c1C. The summed E-state index contributed by atoms with van der Waals surface area (Å²) >= 11 is 0. The van der Waals surface area contributed by atoms with Gasteiger partial charge in [0, 0.05) is 5.39 Å². The third kappa shape index (κ3) is 1.67. The van der Waals surface area contributed by atoms with E-state index < -0.39 is 0 Å². The average molecular weight is 230 g/mol. The van der Waals surface area contributed by atoms with Crippen LogP contribution in [0.5, 0.6) is 0 Å². The van der Waals surface area contributed by atoms with Crippen LogP contribution in [0.25, 0.3) is 10.9 Å². The molecule has 1 heterocycles. The van der Waals surface area contributed by atoms with Crippen molar-refractivity contribution in [3.05, 3.63) is 28.5 Å². The summed E-state index contributed by atoms with van der Waals surface area (Å²) in [6.45, 7) is 15.4. The Kier molecular flexibility index (Phi) is 2.57. The van der Waals surface area contributed by atoms with Gasteiger partial charge in [-0.1, -0.05) is 0 Å². The van der Waals surface area contributed by atoms with E-state index in [9.17, 15) is 0 Å². The lowest BCUT2D eigenvalue weighted by Gasteiger charge is -2.22. The number of rotatable bonds is 0. The predicted octanol–water partition coefficient (Wildman–Crippen LogP) is 4.02. The van der Waals surface area contributed by atoms with Crippen LogP contribution in [-0.4, -0.2) is 9.78 Å². The van der Waals surface area contributed by atoms with Crippen molar-refractivity contribution < 1.29 is 0 Å². The highest BCUT2D eigenvalue weighted by molar-refractivity contribution is 5.87. The molecule has 0 atom stereocenters. The van der Waals surface area contributed by atoms with Crippen molar-refractivity contribution in [2.45, 2.75) is 54.0 Å². The predicted molar refractivity (Wildman–Crippen MR) is 73.7 cm³/mol. The monoisotopic (exact) mass is 230 g/mol. The first-order valence-electron chi connectivity index (χ1n) is 6.19. The average Bonchev–Trinajstić information content (AvgIpc) is 2.67. The van der Waals surface area contributed by atoms with E-state index in [1.165, 1.54) is 33.2 Å². The fourth-order valence-corrected chi connectivity index (χ4v) is 2.43. The van der Waals surface area contributed by atoms with E-state index in [1.54, 1.807) is 0 Å². The number of benzene rings is 1. The Morgan fingerprint density at radius 1 is 0.882 bits per heavy atom. The first-order valence-corrected chi connectivity index (χ1v) is 6.19. The van der Waals surface area contributed by atoms with E-state index in [4.69, 9.17) is 0 Å². The van der Waals surface area contributed by atoms with Crippen LogP contribution in [0.2, 0.25) is 0 Å². The van der Waals surface area contributed by atoms with Crippen LogP contribution in [-0.2, 0) is 5.54 Å². The molecule has 0 aliphatic carbocycles. The maximum atomic E-state index is 4.59. The largest absolute Gasteiger partial charge is 0.259 e. The van der Waals surface area contributed by atoms with Crippen molar-refractivity contribution in [1.29, 1.82) is 0 Å². The Hall–Kier alpha value is -1.31. The minimum absolute atomic E-state index is 0.0284. The molecule has 17 heavy (non-hydrogen) atoms. The summed E-state index contributed by atoms with van der Waals surface area (Å²) < 4.78 is 2.15. The Balaban J connectivity index is 2.96. The second-order valence-electron chi connectivity index (χ2n) is 5.99. The van der Waals surface area contributed by atoms with Gasteiger partial charge in [-0.3, -0.25) is 4.68 Å². The Labute approximate surface area is 104 Å². The van der Waals surface area contributed by atoms with Crippen molar-refractivity contribution in [3.63, 3.8) is 0 Å². The number of fused-ring (bicyclic) bond motifs is 1. The highest BCUT2D eigenvalue weighted by atomic mass is 15.3. The van der Waals surface area contributed by atoms with Crippen LogP contribution in [0.15, 0.2) is 6.20 Å². The topological polar surface area (TPSA) is 17.8 Å². The van der Waals surface area contributed by atoms with Crippen LogP contribution >= 0.6 is 0 Å². The molecule has 2 rings (SSSR count). The Bertz CT molecular complexity index is 583. The fourth-order valence-electron chi connectivity index (χ4n) is 2.43. The van der Waals surface area contributed by atoms with Gasteiger partial charge in [-0.25, -0.2) is 0 Å². The highest BCUT2D eigenvalue weighted by Gasteiger charge is 2.20. The molecule has 0 bridgehead atoms. The van der Waals surface area contributed by atoms with Gasteiger partial charge in [0.05, 0.1) is 17.3 Å². The molecular formula is C15H22N2. The molecule has 0 N–H and O–H groups in total. The fraction of sp³-hybridized carbons (Fsp3) is 0.533. The van der Waals surface area contributed by atoms with Gasteiger partial charge in [0.15, 0.2) is 0 Å². The van der Waals surface area contributed by atoms with E-state index in [0.29, 0.717) is 0 Å². The molecule has 0 amide bonds. The first kappa shape index (κ1) is 12.2. The molecule has 0 spiro atoms. The zero-order valence-corrected chi connectivity index (χ0v) is 12.0. The normalized spacial score (nSPS) is 12.4. The molecular weight excluding hydrogens is 208 g/mol. The van der Waals surface area contributed by atoms with Crippen molar-refractivity contribution in [2.75, 3.05) is 0 Å². The molecule has 1 aromatic heterocycles. The van der Waals surface area contributed by atoms with Crippen LogP contribution in [0.4, 0.5) is 0 Å². The number of aromatic nitrogens is 2. The number of hydrogen-bond acceptors (Lipinski definition) is 1. The molecule has 0 aliphatic rings. The molecule has 0 radical (unpaired) electrons. The summed E-state index contributed by atoms with van der Waals surface area (Å²) in [6, 6.07) is 0. The molecule has 0 fully saturated rings. The lowest BCUT2D eigenvalue weighted by Crippen LogP contribution is -2.23. The van der Waals surface area contributed by atoms with Crippen molar-refractivity contribution in [3.8, 4) is 0 Å². The second-order valence-corrected chi connectivity index (χ2v) is 5.99. The Morgan fingerprint density at radius 3 is 1.94 bits per heavy atom. The zero-order chi connectivity index (χ0) is 13.0. The van der Waals surface area contributed by atoms with E-state index >= 15 is 0 Å². The standard InChI is InChI=1S/C15H22N2/c1-9-10(2)12(4)14-13(11(9)3)8-16-17(14)15(5,6)7/h8H,1-7H3. The number of aryl methyl sites for hydroxylation is 2. The molecule has 2 nitrogen and oxygen atoms in total. The van der Waals surface area contributed by atoms with Crippen LogP contribution in [0, 0.1) is 27.7 Å². The van der Waals surface area contributed by atoms with Crippen LogP contribution < -0.4 is 0 Å². The summed E-state index contributed by atoms with van der Waals surface area (Å²) in [7, 11) is 0. The smallest absolute Gasteiger partial charge is 0.0723 e. The van der Waals surface area contributed by atoms with E-state index in [0.717, 1.165) is 0 Å². The van der Waals surface area contributed by atoms with Gasteiger partial charge < -0.3 is 0 Å². The summed E-state index contributed by atoms with van der Waals surface area (Å²) in [5.74, 6) is 0. The molecule has 0 saturated heterocycles. The van der Waals surface area contributed by atoms with Gasteiger partial charge in [-0.05, 0) is 70.7 Å². The molecule has 2 heteroatoms. The minimum Gasteiger partial charge on any atom is -0.259 e. The summed E-state index contributed by atoms with van der Waals surface area (Å²) in [4.78, 5) is 0. The molecule has 2 aromatic rings. The van der Waals surface area contributed by atoms with Gasteiger partial charge in [-0.15, -0.1) is 0 Å². The number of nitrogens with zero attached hydrogens (tertiary/aromatic N) is 2. The molecule has 0 aliphatic heterocycles. The molecule has 1 aromatic carbocycles. The van der Waals surface area contributed by atoms with Crippen molar-refractivity contribution in [2.24, 2.45) is 0 Å². The van der Waals surface area contributed by atoms with E-state index in [-0.39, 0.29) is 5.54 Å². The van der Waals surface area contributed by atoms with Gasteiger partial charge in [0.25, 0.3) is 0 Å². The first-order chi connectivity index (χ1) is 7.75. The lowest BCUT2D eigenvalue weighted by atomic mass is 9.95. The van der Waals surface area contributed by atoms with Gasteiger partial charge in [0.1, 0.15) is 0 Å². The molecule has 0 saturated carbocycles. The third-order valence-corrected chi connectivity index (χ3v) is 3.85. The summed E-state index contributed by atoms with van der Waals surface area (Å²) in [5.41, 5.74) is 6.82. The number of hydrogen-bond donors (Lipinski definition) is 0. The van der Waals surface area contributed by atoms with Crippen LogP contribution in [0.1, 0.15) is 43.0 Å². The van der Waals surface area contributed by atoms with Crippen LogP contribution in [0.3, 0.4) is 0 Å². The van der Waals surface area contributed by atoms with Crippen molar-refractivity contribution >= 4 is 10.9 Å². The van der Waals surface area contributed by atoms with Gasteiger partial charge in [-0.2, -0.15) is 5.10 Å². The summed E-state index contributed by atoms with van der Waals surface area (Å²) in [5, 5.41) is 5.88. The van der Waals surface area contributed by atoms with Crippen molar-refractivity contribution in [1.82, 2.24) is 9.78 Å². The maximum absolute atomic E-state index is 4.59. The summed E-state index contributed by atoms with van der Waals surface area (Å²) in [6.07, 6.45) is 2.01. The van der Waals surface area contributed by atoms with Gasteiger partial charge >= 0.3 is 0 Å². The second kappa shape index (κ2) is 3.59.